The number of halogens is 1. The number of benzene rings is 3. The number of rotatable bonds is 5. The van der Waals surface area contributed by atoms with E-state index in [1.807, 2.05) is 66.8 Å². The lowest BCUT2D eigenvalue weighted by atomic mass is 9.92. The summed E-state index contributed by atoms with van der Waals surface area (Å²) in [6.45, 7) is 0.268. The highest BCUT2D eigenvalue weighted by Crippen LogP contribution is 2.46. The van der Waals surface area contributed by atoms with Crippen molar-refractivity contribution in [2.45, 2.75) is 34.7 Å². The zero-order valence-corrected chi connectivity index (χ0v) is 22.3. The van der Waals surface area contributed by atoms with Gasteiger partial charge < -0.3 is 15.0 Å². The normalized spacial score (nSPS) is 19.9. The van der Waals surface area contributed by atoms with Crippen LogP contribution in [0.3, 0.4) is 0 Å². The Kier molecular flexibility index (Phi) is 6.38. The Bertz CT molecular complexity index is 1540. The number of carbonyl (C=O) groups is 2. The van der Waals surface area contributed by atoms with E-state index in [0.29, 0.717) is 28.4 Å². The molecule has 0 aromatic heterocycles. The summed E-state index contributed by atoms with van der Waals surface area (Å²) in [5.74, 6) is 0.0104. The Balaban J connectivity index is 1.46. The minimum Gasteiger partial charge on any atom is -0.495 e. The second-order valence-electron chi connectivity index (χ2n) is 9.49. The lowest BCUT2D eigenvalue weighted by molar-refractivity contribution is -0.124. The van der Waals surface area contributed by atoms with Crippen molar-refractivity contribution in [1.82, 2.24) is 4.90 Å². The summed E-state index contributed by atoms with van der Waals surface area (Å²) in [4.78, 5) is 32.2. The molecule has 190 valence electrons. The summed E-state index contributed by atoms with van der Waals surface area (Å²) in [5.41, 5.74) is 2.80. The van der Waals surface area contributed by atoms with E-state index in [1.54, 1.807) is 34.9 Å². The van der Waals surface area contributed by atoms with Crippen LogP contribution in [0.4, 0.5) is 5.69 Å². The van der Waals surface area contributed by atoms with Gasteiger partial charge >= 0.3 is 0 Å². The molecule has 3 aromatic carbocycles. The molecule has 5 nitrogen and oxygen atoms in total. The van der Waals surface area contributed by atoms with Gasteiger partial charge in [0.05, 0.1) is 18.4 Å². The fourth-order valence-electron chi connectivity index (χ4n) is 5.32. The third-order valence-corrected chi connectivity index (χ3v) is 8.61. The second-order valence-corrected chi connectivity index (χ2v) is 11.0. The van der Waals surface area contributed by atoms with Crippen LogP contribution in [0.5, 0.6) is 5.75 Å². The van der Waals surface area contributed by atoms with E-state index in [4.69, 9.17) is 16.3 Å². The number of fused-ring (bicyclic) bond motifs is 2. The Morgan fingerprint density at radius 1 is 1.03 bits per heavy atom. The van der Waals surface area contributed by atoms with E-state index in [1.165, 1.54) is 7.11 Å². The topological polar surface area (TPSA) is 58.6 Å². The van der Waals surface area contributed by atoms with Crippen LogP contribution in [0.2, 0.25) is 5.02 Å². The number of ether oxygens (including phenoxy) is 1. The average Bonchev–Trinajstić information content (AvgIpc) is 3.31. The maximum atomic E-state index is 14.3. The molecule has 0 saturated carbocycles. The van der Waals surface area contributed by atoms with Crippen molar-refractivity contribution in [2.24, 2.45) is 0 Å². The van der Waals surface area contributed by atoms with Crippen molar-refractivity contribution < 1.29 is 14.3 Å². The summed E-state index contributed by atoms with van der Waals surface area (Å²) in [7, 11) is 1.54. The minimum absolute atomic E-state index is 0.215. The number of hydrogen-bond acceptors (Lipinski definition) is 4. The van der Waals surface area contributed by atoms with Crippen LogP contribution in [0.25, 0.3) is 0 Å². The number of anilines is 1. The molecule has 1 atom stereocenters. The van der Waals surface area contributed by atoms with Crippen LogP contribution in [-0.4, -0.2) is 29.4 Å². The van der Waals surface area contributed by atoms with Crippen molar-refractivity contribution >= 4 is 40.9 Å². The van der Waals surface area contributed by atoms with Gasteiger partial charge in [0.2, 0.25) is 0 Å². The van der Waals surface area contributed by atoms with Crippen LogP contribution >= 0.6 is 23.4 Å². The highest BCUT2D eigenvalue weighted by molar-refractivity contribution is 7.99. The zero-order valence-electron chi connectivity index (χ0n) is 20.7. The standard InChI is InChI=1S/C31H25ClN2O3S/c1-37-26-11-6-10-25-28(26)33-30(36)31(17-20-7-2-3-8-21(20)18-31)34(29(25)35)19-22-9-4-5-12-27(22)38-24-15-13-23(32)14-16-24/h2-7,9-16,18H,8,17,19H2,1H3,(H,33,36). The molecule has 3 aliphatic rings. The molecular formula is C31H25ClN2O3S. The second kappa shape index (κ2) is 9.86. The van der Waals surface area contributed by atoms with E-state index in [-0.39, 0.29) is 18.4 Å². The molecule has 6 rings (SSSR count). The van der Waals surface area contributed by atoms with Gasteiger partial charge in [-0.2, -0.15) is 0 Å². The lowest BCUT2D eigenvalue weighted by Gasteiger charge is -2.37. The molecule has 7 heteroatoms. The third kappa shape index (κ3) is 4.24. The number of para-hydroxylation sites is 1. The van der Waals surface area contributed by atoms with Crippen LogP contribution in [-0.2, 0) is 11.3 Å². The quantitative estimate of drug-likeness (QED) is 0.377. The van der Waals surface area contributed by atoms with Gasteiger partial charge in [-0.25, -0.2) is 0 Å². The molecule has 1 N–H and O–H groups in total. The van der Waals surface area contributed by atoms with E-state index in [0.717, 1.165) is 32.9 Å². The molecule has 1 aliphatic heterocycles. The number of methoxy groups -OCH3 is 1. The maximum absolute atomic E-state index is 14.3. The fraction of sp³-hybridized carbons (Fsp3) is 0.161. The molecule has 3 aromatic rings. The van der Waals surface area contributed by atoms with Gasteiger partial charge in [0.25, 0.3) is 11.8 Å². The summed E-state index contributed by atoms with van der Waals surface area (Å²) in [5, 5.41) is 3.73. The van der Waals surface area contributed by atoms with Gasteiger partial charge in [-0.05, 0) is 71.7 Å². The molecule has 2 amide bonds. The fourth-order valence-corrected chi connectivity index (χ4v) is 6.38. The molecular weight excluding hydrogens is 516 g/mol. The molecule has 0 saturated heterocycles. The number of hydrogen-bond donors (Lipinski definition) is 1. The minimum atomic E-state index is -1.16. The Labute approximate surface area is 230 Å². The van der Waals surface area contributed by atoms with Gasteiger partial charge in [0, 0.05) is 27.8 Å². The first-order valence-corrected chi connectivity index (χ1v) is 13.6. The summed E-state index contributed by atoms with van der Waals surface area (Å²) >= 11 is 7.70. The maximum Gasteiger partial charge on any atom is 0.257 e. The van der Waals surface area contributed by atoms with E-state index >= 15 is 0 Å². The lowest BCUT2D eigenvalue weighted by Crippen LogP contribution is -2.55. The van der Waals surface area contributed by atoms with Gasteiger partial charge in [0.15, 0.2) is 0 Å². The molecule has 1 unspecified atom stereocenters. The Morgan fingerprint density at radius 3 is 2.63 bits per heavy atom. The van der Waals surface area contributed by atoms with Gasteiger partial charge in [-0.15, -0.1) is 0 Å². The van der Waals surface area contributed by atoms with Gasteiger partial charge in [-0.3, -0.25) is 9.59 Å². The average molecular weight is 541 g/mol. The monoisotopic (exact) mass is 540 g/mol. The first kappa shape index (κ1) is 24.6. The molecule has 2 aliphatic carbocycles. The van der Waals surface area contributed by atoms with Crippen molar-refractivity contribution in [2.75, 3.05) is 12.4 Å². The molecule has 0 bridgehead atoms. The van der Waals surface area contributed by atoms with Gasteiger partial charge in [0.1, 0.15) is 11.3 Å². The molecule has 38 heavy (non-hydrogen) atoms. The number of nitrogens with one attached hydrogen (secondary N) is 1. The first-order valence-electron chi connectivity index (χ1n) is 12.4. The summed E-state index contributed by atoms with van der Waals surface area (Å²) in [6, 6.07) is 21.0. The highest BCUT2D eigenvalue weighted by Gasteiger charge is 2.52. The van der Waals surface area contributed by atoms with E-state index in [9.17, 15) is 9.59 Å². The molecule has 1 heterocycles. The van der Waals surface area contributed by atoms with E-state index in [2.05, 4.69) is 11.4 Å². The zero-order chi connectivity index (χ0) is 26.3. The Hall–Kier alpha value is -3.74. The van der Waals surface area contributed by atoms with Crippen molar-refractivity contribution in [1.29, 1.82) is 0 Å². The number of carbonyl (C=O) groups excluding carboxylic acids is 2. The van der Waals surface area contributed by atoms with E-state index < -0.39 is 5.54 Å². The highest BCUT2D eigenvalue weighted by atomic mass is 35.5. The van der Waals surface area contributed by atoms with Crippen LogP contribution < -0.4 is 10.1 Å². The first-order chi connectivity index (χ1) is 18.5. The van der Waals surface area contributed by atoms with Crippen molar-refractivity contribution in [3.63, 3.8) is 0 Å². The van der Waals surface area contributed by atoms with Crippen molar-refractivity contribution in [3.05, 3.63) is 118 Å². The summed E-state index contributed by atoms with van der Waals surface area (Å²) < 4.78 is 5.52. The van der Waals surface area contributed by atoms with Gasteiger partial charge in [-0.1, -0.05) is 65.9 Å². The van der Waals surface area contributed by atoms with Crippen LogP contribution in [0.15, 0.2) is 112 Å². The van der Waals surface area contributed by atoms with Crippen LogP contribution in [0.1, 0.15) is 28.8 Å². The number of allylic oxidation sites excluding steroid dienone is 4. The Morgan fingerprint density at radius 2 is 1.84 bits per heavy atom. The summed E-state index contributed by atoms with van der Waals surface area (Å²) in [6.07, 6.45) is 9.29. The molecule has 0 fully saturated rings. The predicted octanol–water partition coefficient (Wildman–Crippen LogP) is 7.05. The molecule has 0 radical (unpaired) electrons. The third-order valence-electron chi connectivity index (χ3n) is 7.23. The van der Waals surface area contributed by atoms with Crippen molar-refractivity contribution in [3.8, 4) is 5.75 Å². The molecule has 1 spiro atoms. The predicted molar refractivity (Wildman–Crippen MR) is 151 cm³/mol. The van der Waals surface area contributed by atoms with Crippen LogP contribution in [0, 0.1) is 0 Å². The number of amides is 2. The SMILES string of the molecule is COc1cccc2c1NC(=O)C1(C=C3CC=CC=C3C1)N(Cc1ccccc1Sc1ccc(Cl)cc1)C2=O. The smallest absolute Gasteiger partial charge is 0.257 e. The number of nitrogens with zero attached hydrogens (tertiary/aromatic N) is 1. The largest absolute Gasteiger partial charge is 0.495 e.